The van der Waals surface area contributed by atoms with Crippen LogP contribution in [0.3, 0.4) is 0 Å². The predicted molar refractivity (Wildman–Crippen MR) is 84.6 cm³/mol. The molecule has 7 nitrogen and oxygen atoms in total. The molecule has 1 heterocycles. The number of carbonyl (C=O) groups excluding carboxylic acids is 2. The van der Waals surface area contributed by atoms with Gasteiger partial charge in [-0.1, -0.05) is 0 Å². The molecule has 1 unspecified atom stereocenters. The summed E-state index contributed by atoms with van der Waals surface area (Å²) in [6, 6.07) is 2.03. The van der Waals surface area contributed by atoms with E-state index in [1.54, 1.807) is 11.3 Å². The van der Waals surface area contributed by atoms with Gasteiger partial charge in [-0.3, -0.25) is 9.59 Å². The molecule has 0 aliphatic heterocycles. The number of thiophene rings is 1. The lowest BCUT2D eigenvalue weighted by molar-refractivity contribution is -0.141. The fourth-order valence-corrected chi connectivity index (χ4v) is 2.56. The number of likely N-dealkylation sites (N-methyl/N-ethyl adjacent to an activating group) is 1. The van der Waals surface area contributed by atoms with Gasteiger partial charge in [0, 0.05) is 20.8 Å². The van der Waals surface area contributed by atoms with Gasteiger partial charge in [0.25, 0.3) is 0 Å². The Labute approximate surface area is 134 Å². The molecule has 124 valence electrons. The highest BCUT2D eigenvalue weighted by molar-refractivity contribution is 7.07. The molecule has 0 aliphatic rings. The first-order chi connectivity index (χ1) is 10.5. The van der Waals surface area contributed by atoms with Gasteiger partial charge in [0.05, 0.1) is 12.6 Å². The van der Waals surface area contributed by atoms with Gasteiger partial charge in [-0.15, -0.1) is 0 Å². The van der Waals surface area contributed by atoms with Crippen LogP contribution in [0.15, 0.2) is 16.8 Å². The predicted octanol–water partition coefficient (Wildman–Crippen LogP) is 0.202. The Balaban J connectivity index is 2.45. The van der Waals surface area contributed by atoms with E-state index in [1.165, 1.54) is 14.2 Å². The largest absolute Gasteiger partial charge is 0.354 e. The zero-order valence-electron chi connectivity index (χ0n) is 13.3. The number of amides is 2. The minimum Gasteiger partial charge on any atom is -0.354 e. The molecule has 0 fully saturated rings. The number of hydrogen-bond donors (Lipinski definition) is 2. The van der Waals surface area contributed by atoms with Crippen LogP contribution in [0.2, 0.25) is 0 Å². The third-order valence-electron chi connectivity index (χ3n) is 3.17. The topological polar surface area (TPSA) is 79.9 Å². The molecule has 22 heavy (non-hydrogen) atoms. The van der Waals surface area contributed by atoms with Gasteiger partial charge >= 0.3 is 11.8 Å². The standard InChI is InChI=1S/C14H23N3O4S/c1-17(2)11(10-5-6-22-9-10)7-15-13(18)14(19)16-8-12(20-3)21-4/h5-6,9,11-12H,7-8H2,1-4H3,(H,15,18)(H,16,19). The number of nitrogens with one attached hydrogen (secondary N) is 2. The summed E-state index contributed by atoms with van der Waals surface area (Å²) in [7, 11) is 6.78. The number of ether oxygens (including phenoxy) is 2. The van der Waals surface area contributed by atoms with Crippen LogP contribution in [-0.2, 0) is 19.1 Å². The normalized spacial score (nSPS) is 12.5. The van der Waals surface area contributed by atoms with Crippen LogP contribution in [0.4, 0.5) is 0 Å². The molecule has 0 bridgehead atoms. The molecule has 0 radical (unpaired) electrons. The molecular weight excluding hydrogens is 306 g/mol. The average Bonchev–Trinajstić information content (AvgIpc) is 3.01. The summed E-state index contributed by atoms with van der Waals surface area (Å²) in [5, 5.41) is 9.11. The van der Waals surface area contributed by atoms with Gasteiger partial charge in [0.1, 0.15) is 0 Å². The van der Waals surface area contributed by atoms with Gasteiger partial charge < -0.3 is 25.0 Å². The second kappa shape index (κ2) is 9.52. The summed E-state index contributed by atoms with van der Waals surface area (Å²) in [5.41, 5.74) is 1.11. The Morgan fingerprint density at radius 3 is 2.23 bits per heavy atom. The van der Waals surface area contributed by atoms with E-state index in [2.05, 4.69) is 10.6 Å². The molecule has 0 aliphatic carbocycles. The van der Waals surface area contributed by atoms with Crippen molar-refractivity contribution in [2.45, 2.75) is 12.3 Å². The van der Waals surface area contributed by atoms with Crippen molar-refractivity contribution in [1.29, 1.82) is 0 Å². The third-order valence-corrected chi connectivity index (χ3v) is 3.87. The Morgan fingerprint density at radius 2 is 1.77 bits per heavy atom. The molecule has 0 saturated carbocycles. The van der Waals surface area contributed by atoms with Gasteiger partial charge in [0.15, 0.2) is 6.29 Å². The lowest BCUT2D eigenvalue weighted by atomic mass is 10.1. The summed E-state index contributed by atoms with van der Waals surface area (Å²) in [4.78, 5) is 25.5. The Morgan fingerprint density at radius 1 is 1.18 bits per heavy atom. The number of nitrogens with zero attached hydrogens (tertiary/aromatic N) is 1. The van der Waals surface area contributed by atoms with Crippen LogP contribution >= 0.6 is 11.3 Å². The molecule has 2 N–H and O–H groups in total. The van der Waals surface area contributed by atoms with Crippen molar-refractivity contribution in [3.63, 3.8) is 0 Å². The van der Waals surface area contributed by atoms with Crippen molar-refractivity contribution >= 4 is 23.2 Å². The van der Waals surface area contributed by atoms with E-state index in [1.807, 2.05) is 35.8 Å². The molecule has 1 aromatic rings. The first kappa shape index (κ1) is 18.6. The van der Waals surface area contributed by atoms with E-state index < -0.39 is 18.1 Å². The second-order valence-corrected chi connectivity index (χ2v) is 5.64. The summed E-state index contributed by atoms with van der Waals surface area (Å²) < 4.78 is 9.87. The Bertz CT molecular complexity index is 461. The summed E-state index contributed by atoms with van der Waals surface area (Å²) in [5.74, 6) is -1.38. The van der Waals surface area contributed by atoms with Crippen molar-refractivity contribution in [3.05, 3.63) is 22.4 Å². The zero-order chi connectivity index (χ0) is 16.5. The first-order valence-corrected chi connectivity index (χ1v) is 7.74. The van der Waals surface area contributed by atoms with E-state index in [0.29, 0.717) is 6.54 Å². The molecular formula is C14H23N3O4S. The van der Waals surface area contributed by atoms with Crippen LogP contribution in [0.5, 0.6) is 0 Å². The maximum Gasteiger partial charge on any atom is 0.309 e. The molecule has 0 saturated heterocycles. The lowest BCUT2D eigenvalue weighted by Gasteiger charge is -2.23. The van der Waals surface area contributed by atoms with Crippen LogP contribution in [-0.4, -0.2) is 64.4 Å². The highest BCUT2D eigenvalue weighted by Gasteiger charge is 2.19. The number of carbonyl (C=O) groups is 2. The highest BCUT2D eigenvalue weighted by Crippen LogP contribution is 2.19. The Hall–Kier alpha value is -1.48. The molecule has 0 aromatic carbocycles. The first-order valence-electron chi connectivity index (χ1n) is 6.79. The smallest absolute Gasteiger partial charge is 0.309 e. The molecule has 0 spiro atoms. The van der Waals surface area contributed by atoms with Crippen molar-refractivity contribution in [2.24, 2.45) is 0 Å². The fourth-order valence-electron chi connectivity index (χ4n) is 1.85. The molecule has 1 rings (SSSR count). The van der Waals surface area contributed by atoms with E-state index >= 15 is 0 Å². The monoisotopic (exact) mass is 329 g/mol. The van der Waals surface area contributed by atoms with Crippen LogP contribution in [0.1, 0.15) is 11.6 Å². The van der Waals surface area contributed by atoms with E-state index in [0.717, 1.165) is 5.56 Å². The quantitative estimate of drug-likeness (QED) is 0.526. The van der Waals surface area contributed by atoms with E-state index in [9.17, 15) is 9.59 Å². The summed E-state index contributed by atoms with van der Waals surface area (Å²) in [6.45, 7) is 0.467. The fraction of sp³-hybridized carbons (Fsp3) is 0.571. The second-order valence-electron chi connectivity index (χ2n) is 4.86. The molecule has 8 heteroatoms. The molecule has 1 atom stereocenters. The minimum absolute atomic E-state index is 0.0219. The van der Waals surface area contributed by atoms with E-state index in [-0.39, 0.29) is 12.6 Å². The van der Waals surface area contributed by atoms with Crippen molar-refractivity contribution in [1.82, 2.24) is 15.5 Å². The van der Waals surface area contributed by atoms with E-state index in [4.69, 9.17) is 9.47 Å². The number of rotatable bonds is 8. The van der Waals surface area contributed by atoms with Crippen LogP contribution in [0.25, 0.3) is 0 Å². The molecule has 2 amide bonds. The SMILES string of the molecule is COC(CNC(=O)C(=O)NCC(c1ccsc1)N(C)C)OC. The number of hydrogen-bond acceptors (Lipinski definition) is 6. The molecule has 1 aromatic heterocycles. The zero-order valence-corrected chi connectivity index (χ0v) is 14.1. The van der Waals surface area contributed by atoms with Gasteiger partial charge in [-0.2, -0.15) is 11.3 Å². The Kier molecular flexibility index (Phi) is 8.03. The maximum absolute atomic E-state index is 11.8. The minimum atomic E-state index is -0.707. The highest BCUT2D eigenvalue weighted by atomic mass is 32.1. The van der Waals surface area contributed by atoms with Gasteiger partial charge in [-0.25, -0.2) is 0 Å². The van der Waals surface area contributed by atoms with Gasteiger partial charge in [-0.05, 0) is 36.5 Å². The lowest BCUT2D eigenvalue weighted by Crippen LogP contribution is -2.45. The summed E-state index contributed by atoms with van der Waals surface area (Å²) in [6.07, 6.45) is -0.572. The number of methoxy groups -OCH3 is 2. The van der Waals surface area contributed by atoms with Crippen LogP contribution < -0.4 is 10.6 Å². The van der Waals surface area contributed by atoms with Crippen molar-refractivity contribution in [2.75, 3.05) is 41.4 Å². The van der Waals surface area contributed by atoms with Crippen LogP contribution in [0, 0.1) is 0 Å². The average molecular weight is 329 g/mol. The summed E-state index contributed by atoms with van der Waals surface area (Å²) >= 11 is 1.60. The van der Waals surface area contributed by atoms with Gasteiger partial charge in [0.2, 0.25) is 0 Å². The van der Waals surface area contributed by atoms with Crippen molar-refractivity contribution < 1.29 is 19.1 Å². The third kappa shape index (κ3) is 5.72. The van der Waals surface area contributed by atoms with Crippen molar-refractivity contribution in [3.8, 4) is 0 Å². The maximum atomic E-state index is 11.8.